The zero-order valence-corrected chi connectivity index (χ0v) is 21.3. The summed E-state index contributed by atoms with van der Waals surface area (Å²) in [5.41, 5.74) is 3.13. The number of methoxy groups -OCH3 is 1. The summed E-state index contributed by atoms with van der Waals surface area (Å²) >= 11 is 5.81. The van der Waals surface area contributed by atoms with Crippen LogP contribution >= 0.6 is 12.2 Å². The number of rotatable bonds is 5. The number of anilines is 1. The Morgan fingerprint density at radius 1 is 0.946 bits per heavy atom. The van der Waals surface area contributed by atoms with Crippen LogP contribution in [0.2, 0.25) is 0 Å². The Morgan fingerprint density at radius 2 is 1.62 bits per heavy atom. The van der Waals surface area contributed by atoms with Crippen molar-refractivity contribution in [2.75, 3.05) is 12.0 Å². The minimum atomic E-state index is -4.49. The highest BCUT2D eigenvalue weighted by molar-refractivity contribution is 7.80. The van der Waals surface area contributed by atoms with Gasteiger partial charge in [-0.25, -0.2) is 0 Å². The number of alkyl halides is 3. The highest BCUT2D eigenvalue weighted by Crippen LogP contribution is 2.46. The van der Waals surface area contributed by atoms with Crippen LogP contribution in [-0.4, -0.2) is 21.8 Å². The molecule has 9 heteroatoms. The SMILES string of the molecule is COc1ccccc1N1C(=S)N[C@@H](c2ccccn2)[C@H]1c1cc(C)n(-c2ccccc2C(F)(F)F)c1C. The van der Waals surface area contributed by atoms with Crippen molar-refractivity contribution in [3.05, 3.63) is 107 Å². The van der Waals surface area contributed by atoms with Crippen molar-refractivity contribution in [1.29, 1.82) is 0 Å². The summed E-state index contributed by atoms with van der Waals surface area (Å²) in [6, 6.07) is 20.0. The van der Waals surface area contributed by atoms with Crippen molar-refractivity contribution >= 4 is 23.0 Å². The lowest BCUT2D eigenvalue weighted by atomic mass is 9.96. The van der Waals surface area contributed by atoms with E-state index in [1.165, 1.54) is 12.1 Å². The molecule has 0 saturated carbocycles. The number of nitrogens with zero attached hydrogens (tertiary/aromatic N) is 3. The Hall–Kier alpha value is -3.85. The fourth-order valence-electron chi connectivity index (χ4n) is 5.13. The monoisotopic (exact) mass is 522 g/mol. The van der Waals surface area contributed by atoms with Crippen molar-refractivity contribution in [1.82, 2.24) is 14.9 Å². The van der Waals surface area contributed by atoms with E-state index in [2.05, 4.69) is 10.3 Å². The molecule has 1 N–H and O–H groups in total. The molecule has 0 radical (unpaired) electrons. The number of benzene rings is 2. The second-order valence-corrected chi connectivity index (χ2v) is 9.23. The number of thiocarbonyl (C=S) groups is 1. The largest absolute Gasteiger partial charge is 0.495 e. The van der Waals surface area contributed by atoms with E-state index in [1.807, 2.05) is 67.3 Å². The summed E-state index contributed by atoms with van der Waals surface area (Å²) in [6.45, 7) is 3.65. The number of hydrogen-bond donors (Lipinski definition) is 1. The third-order valence-corrected chi connectivity index (χ3v) is 7.00. The Balaban J connectivity index is 1.73. The number of hydrogen-bond acceptors (Lipinski definition) is 3. The van der Waals surface area contributed by atoms with Crippen LogP contribution in [0.15, 0.2) is 79.0 Å². The number of aromatic nitrogens is 2. The first-order chi connectivity index (χ1) is 17.7. The third-order valence-electron chi connectivity index (χ3n) is 6.68. The standard InChI is InChI=1S/C28H25F3N4OS/c1-17-16-19(18(2)34(17)22-12-5-4-10-20(22)28(29,30)31)26-25(21-11-8-9-15-32-21)33-27(37)35(26)23-13-6-7-14-24(23)36-3/h4-16,25-26H,1-3H3,(H,33,37)/t25-,26+/m0/s1. The summed E-state index contributed by atoms with van der Waals surface area (Å²) in [5.74, 6) is 0.634. The fraction of sp³-hybridized carbons (Fsp3) is 0.214. The molecule has 2 aromatic heterocycles. The van der Waals surface area contributed by atoms with Crippen molar-refractivity contribution in [2.24, 2.45) is 0 Å². The number of ether oxygens (including phenoxy) is 1. The average molecular weight is 523 g/mol. The third kappa shape index (κ3) is 4.33. The zero-order valence-electron chi connectivity index (χ0n) is 20.5. The van der Waals surface area contributed by atoms with E-state index in [0.29, 0.717) is 22.2 Å². The summed E-state index contributed by atoms with van der Waals surface area (Å²) in [5, 5.41) is 3.88. The van der Waals surface area contributed by atoms with Crippen LogP contribution in [0, 0.1) is 13.8 Å². The topological polar surface area (TPSA) is 42.3 Å². The number of nitrogens with one attached hydrogen (secondary N) is 1. The quantitative estimate of drug-likeness (QED) is 0.296. The van der Waals surface area contributed by atoms with E-state index < -0.39 is 17.8 Å². The summed E-state index contributed by atoms with van der Waals surface area (Å²) < 4.78 is 49.1. The molecule has 0 aliphatic carbocycles. The van der Waals surface area contributed by atoms with Gasteiger partial charge in [-0.1, -0.05) is 30.3 Å². The summed E-state index contributed by atoms with van der Waals surface area (Å²) in [4.78, 5) is 6.54. The fourth-order valence-corrected chi connectivity index (χ4v) is 5.46. The van der Waals surface area contributed by atoms with Crippen LogP contribution in [0.4, 0.5) is 18.9 Å². The molecular weight excluding hydrogens is 497 g/mol. The van der Waals surface area contributed by atoms with Crippen LogP contribution < -0.4 is 15.0 Å². The molecule has 0 spiro atoms. The molecule has 3 heterocycles. The maximum Gasteiger partial charge on any atom is 0.418 e. The second kappa shape index (κ2) is 9.55. The normalized spacial score (nSPS) is 17.7. The van der Waals surface area contributed by atoms with E-state index in [0.717, 1.165) is 23.0 Å². The molecule has 1 aliphatic heterocycles. The van der Waals surface area contributed by atoms with Gasteiger partial charge in [0.05, 0.1) is 41.8 Å². The molecular formula is C28H25F3N4OS. The highest BCUT2D eigenvalue weighted by Gasteiger charge is 2.43. The molecule has 0 unspecified atom stereocenters. The first kappa shape index (κ1) is 24.8. The molecule has 5 nitrogen and oxygen atoms in total. The molecule has 2 atom stereocenters. The number of aryl methyl sites for hydroxylation is 1. The van der Waals surface area contributed by atoms with Crippen molar-refractivity contribution in [2.45, 2.75) is 32.1 Å². The Labute approximate surface area is 218 Å². The predicted octanol–water partition coefficient (Wildman–Crippen LogP) is 6.69. The minimum Gasteiger partial charge on any atom is -0.495 e. The molecule has 1 aliphatic rings. The van der Waals surface area contributed by atoms with E-state index in [-0.39, 0.29) is 11.7 Å². The van der Waals surface area contributed by atoms with Crippen LogP contribution in [0.3, 0.4) is 0 Å². The molecule has 37 heavy (non-hydrogen) atoms. The van der Waals surface area contributed by atoms with Gasteiger partial charge in [-0.2, -0.15) is 13.2 Å². The summed E-state index contributed by atoms with van der Waals surface area (Å²) in [6.07, 6.45) is -2.78. The maximum atomic E-state index is 13.9. The number of para-hydroxylation sites is 3. The van der Waals surface area contributed by atoms with Gasteiger partial charge in [0.1, 0.15) is 5.75 Å². The van der Waals surface area contributed by atoms with Crippen molar-refractivity contribution in [3.8, 4) is 11.4 Å². The van der Waals surface area contributed by atoms with Gasteiger partial charge >= 0.3 is 6.18 Å². The molecule has 0 amide bonds. The molecule has 2 aromatic carbocycles. The lowest BCUT2D eigenvalue weighted by molar-refractivity contribution is -0.137. The van der Waals surface area contributed by atoms with Gasteiger partial charge in [-0.3, -0.25) is 4.98 Å². The smallest absolute Gasteiger partial charge is 0.418 e. The predicted molar refractivity (Wildman–Crippen MR) is 141 cm³/mol. The van der Waals surface area contributed by atoms with Crippen molar-refractivity contribution < 1.29 is 17.9 Å². The van der Waals surface area contributed by atoms with Crippen LogP contribution in [-0.2, 0) is 6.18 Å². The molecule has 0 bridgehead atoms. The highest BCUT2D eigenvalue weighted by atomic mass is 32.1. The molecule has 5 rings (SSSR count). The lowest BCUT2D eigenvalue weighted by Gasteiger charge is -2.29. The maximum absolute atomic E-state index is 13.9. The zero-order chi connectivity index (χ0) is 26.3. The summed E-state index contributed by atoms with van der Waals surface area (Å²) in [7, 11) is 1.59. The Bertz CT molecular complexity index is 1450. The molecule has 4 aromatic rings. The van der Waals surface area contributed by atoms with E-state index in [4.69, 9.17) is 17.0 Å². The van der Waals surface area contributed by atoms with Gasteiger partial charge in [0.2, 0.25) is 0 Å². The first-order valence-corrected chi connectivity index (χ1v) is 12.1. The van der Waals surface area contributed by atoms with Gasteiger partial charge in [-0.05, 0) is 74.1 Å². The average Bonchev–Trinajstić information content (AvgIpc) is 3.38. The van der Waals surface area contributed by atoms with Crippen LogP contribution in [0.1, 0.15) is 40.3 Å². The number of pyridine rings is 1. The first-order valence-electron chi connectivity index (χ1n) is 11.7. The van der Waals surface area contributed by atoms with Gasteiger partial charge in [0, 0.05) is 17.6 Å². The molecule has 1 fully saturated rings. The van der Waals surface area contributed by atoms with Crippen LogP contribution in [0.5, 0.6) is 5.75 Å². The Kier molecular flexibility index (Phi) is 6.41. The van der Waals surface area contributed by atoms with Gasteiger partial charge in [0.25, 0.3) is 0 Å². The van der Waals surface area contributed by atoms with E-state index >= 15 is 0 Å². The van der Waals surface area contributed by atoms with Crippen molar-refractivity contribution in [3.63, 3.8) is 0 Å². The van der Waals surface area contributed by atoms with Gasteiger partial charge in [-0.15, -0.1) is 0 Å². The van der Waals surface area contributed by atoms with E-state index in [9.17, 15) is 13.2 Å². The van der Waals surface area contributed by atoms with Gasteiger partial charge in [0.15, 0.2) is 5.11 Å². The number of halogens is 3. The second-order valence-electron chi connectivity index (χ2n) is 8.85. The van der Waals surface area contributed by atoms with E-state index in [1.54, 1.807) is 23.9 Å². The van der Waals surface area contributed by atoms with Crippen LogP contribution in [0.25, 0.3) is 5.69 Å². The van der Waals surface area contributed by atoms with Gasteiger partial charge < -0.3 is 19.5 Å². The molecule has 1 saturated heterocycles. The Morgan fingerprint density at radius 3 is 2.30 bits per heavy atom. The molecule has 190 valence electrons. The minimum absolute atomic E-state index is 0.0861. The lowest BCUT2D eigenvalue weighted by Crippen LogP contribution is -2.30.